The number of rotatable bonds is 4. The average Bonchev–Trinajstić information content (AvgIpc) is 2.87. The molecule has 0 spiro atoms. The first-order valence-corrected chi connectivity index (χ1v) is 7.67. The van der Waals surface area contributed by atoms with Crippen molar-refractivity contribution in [1.29, 1.82) is 0 Å². The van der Waals surface area contributed by atoms with Gasteiger partial charge in [-0.2, -0.15) is 5.10 Å². The van der Waals surface area contributed by atoms with E-state index >= 15 is 0 Å². The highest BCUT2D eigenvalue weighted by molar-refractivity contribution is 5.81. The average molecular weight is 309 g/mol. The van der Waals surface area contributed by atoms with Crippen LogP contribution in [-0.4, -0.2) is 27.2 Å². The predicted octanol–water partition coefficient (Wildman–Crippen LogP) is 3.12. The van der Waals surface area contributed by atoms with E-state index in [1.807, 2.05) is 50.2 Å². The maximum absolute atomic E-state index is 12.0. The quantitative estimate of drug-likeness (QED) is 0.695. The summed E-state index contributed by atoms with van der Waals surface area (Å²) in [6, 6.07) is 11.8. The van der Waals surface area contributed by atoms with Crippen LogP contribution in [0.15, 0.2) is 36.4 Å². The van der Waals surface area contributed by atoms with Crippen LogP contribution in [0.5, 0.6) is 0 Å². The molecule has 0 fully saturated rings. The minimum Gasteiger partial charge on any atom is -0.466 e. The van der Waals surface area contributed by atoms with E-state index in [1.165, 1.54) is 0 Å². The molecular formula is C18H19N3O2. The Balaban J connectivity index is 2.21. The molecule has 2 heterocycles. The molecule has 0 aliphatic carbocycles. The number of esters is 1. The van der Waals surface area contributed by atoms with Gasteiger partial charge in [-0.05, 0) is 26.8 Å². The van der Waals surface area contributed by atoms with Gasteiger partial charge in [-0.25, -0.2) is 9.50 Å². The Hall–Kier alpha value is -2.69. The van der Waals surface area contributed by atoms with E-state index in [0.29, 0.717) is 6.61 Å². The first-order valence-electron chi connectivity index (χ1n) is 7.67. The molecule has 3 aromatic rings. The minimum atomic E-state index is -0.263. The predicted molar refractivity (Wildman–Crippen MR) is 88.2 cm³/mol. The fourth-order valence-electron chi connectivity index (χ4n) is 2.71. The zero-order valence-corrected chi connectivity index (χ0v) is 13.5. The summed E-state index contributed by atoms with van der Waals surface area (Å²) in [4.78, 5) is 16.6. The second-order valence-corrected chi connectivity index (χ2v) is 5.45. The van der Waals surface area contributed by atoms with Gasteiger partial charge in [0.2, 0.25) is 0 Å². The van der Waals surface area contributed by atoms with E-state index in [1.54, 1.807) is 11.4 Å². The molecule has 0 saturated carbocycles. The van der Waals surface area contributed by atoms with Gasteiger partial charge in [0.25, 0.3) is 0 Å². The van der Waals surface area contributed by atoms with E-state index in [0.717, 1.165) is 33.9 Å². The highest BCUT2D eigenvalue weighted by Gasteiger charge is 2.20. The molecule has 0 aliphatic rings. The van der Waals surface area contributed by atoms with E-state index in [4.69, 9.17) is 4.74 Å². The van der Waals surface area contributed by atoms with Crippen molar-refractivity contribution in [2.75, 3.05) is 6.61 Å². The van der Waals surface area contributed by atoms with Gasteiger partial charge in [0.15, 0.2) is 5.65 Å². The van der Waals surface area contributed by atoms with Crippen LogP contribution < -0.4 is 0 Å². The van der Waals surface area contributed by atoms with Gasteiger partial charge < -0.3 is 4.74 Å². The monoisotopic (exact) mass is 309 g/mol. The van der Waals surface area contributed by atoms with Crippen LogP contribution in [0.4, 0.5) is 0 Å². The van der Waals surface area contributed by atoms with Crippen molar-refractivity contribution >= 4 is 11.6 Å². The third kappa shape index (κ3) is 2.95. The Morgan fingerprint density at radius 2 is 1.96 bits per heavy atom. The number of benzene rings is 1. The van der Waals surface area contributed by atoms with Crippen molar-refractivity contribution in [3.05, 3.63) is 53.3 Å². The largest absolute Gasteiger partial charge is 0.466 e. The lowest BCUT2D eigenvalue weighted by Crippen LogP contribution is -2.08. The Bertz CT molecular complexity index is 854. The van der Waals surface area contributed by atoms with Gasteiger partial charge in [-0.1, -0.05) is 30.3 Å². The van der Waals surface area contributed by atoms with Crippen molar-refractivity contribution in [1.82, 2.24) is 14.6 Å². The molecule has 0 N–H and O–H groups in total. The molecule has 5 heteroatoms. The molecular weight excluding hydrogens is 290 g/mol. The lowest BCUT2D eigenvalue weighted by atomic mass is 10.1. The Labute approximate surface area is 134 Å². The highest BCUT2D eigenvalue weighted by atomic mass is 16.5. The molecule has 0 unspecified atom stereocenters. The topological polar surface area (TPSA) is 56.5 Å². The number of hydrogen-bond acceptors (Lipinski definition) is 4. The van der Waals surface area contributed by atoms with Gasteiger partial charge in [0, 0.05) is 22.5 Å². The number of carbonyl (C=O) groups is 1. The standard InChI is InChI=1S/C18H19N3O2/c1-4-23-16(22)11-15-17(14-8-6-5-7-9-14)20-21-13(3)10-12(2)19-18(15)21/h5-10H,4,11H2,1-3H3. The fraction of sp³-hybridized carbons (Fsp3) is 0.278. The summed E-state index contributed by atoms with van der Waals surface area (Å²) in [5.74, 6) is -0.263. The van der Waals surface area contributed by atoms with Crippen LogP contribution in [-0.2, 0) is 16.0 Å². The normalized spacial score (nSPS) is 10.9. The fourth-order valence-corrected chi connectivity index (χ4v) is 2.71. The molecule has 0 radical (unpaired) electrons. The number of carbonyl (C=O) groups excluding carboxylic acids is 1. The SMILES string of the molecule is CCOC(=O)Cc1c(-c2ccccc2)nn2c(C)cc(C)nc12. The summed E-state index contributed by atoms with van der Waals surface area (Å²) >= 11 is 0. The van der Waals surface area contributed by atoms with Gasteiger partial charge in [-0.15, -0.1) is 0 Å². The molecule has 23 heavy (non-hydrogen) atoms. The number of fused-ring (bicyclic) bond motifs is 1. The maximum Gasteiger partial charge on any atom is 0.310 e. The molecule has 0 saturated heterocycles. The van der Waals surface area contributed by atoms with E-state index in [9.17, 15) is 4.79 Å². The lowest BCUT2D eigenvalue weighted by Gasteiger charge is -2.04. The van der Waals surface area contributed by atoms with Crippen LogP contribution >= 0.6 is 0 Å². The van der Waals surface area contributed by atoms with Crippen molar-refractivity contribution < 1.29 is 9.53 Å². The van der Waals surface area contributed by atoms with Gasteiger partial charge >= 0.3 is 5.97 Å². The summed E-state index contributed by atoms with van der Waals surface area (Å²) < 4.78 is 6.91. The number of aryl methyl sites for hydroxylation is 2. The Morgan fingerprint density at radius 1 is 1.22 bits per heavy atom. The first kappa shape index (κ1) is 15.2. The molecule has 2 aromatic heterocycles. The van der Waals surface area contributed by atoms with Crippen molar-refractivity contribution in [2.24, 2.45) is 0 Å². The minimum absolute atomic E-state index is 0.164. The molecule has 118 valence electrons. The number of aromatic nitrogens is 3. The highest BCUT2D eigenvalue weighted by Crippen LogP contribution is 2.27. The van der Waals surface area contributed by atoms with Crippen LogP contribution in [0.3, 0.4) is 0 Å². The first-order chi connectivity index (χ1) is 11.1. The van der Waals surface area contributed by atoms with Crippen LogP contribution in [0.1, 0.15) is 23.9 Å². The molecule has 5 nitrogen and oxygen atoms in total. The number of ether oxygens (including phenoxy) is 1. The summed E-state index contributed by atoms with van der Waals surface area (Å²) in [5.41, 5.74) is 5.16. The molecule has 0 aliphatic heterocycles. The summed E-state index contributed by atoms with van der Waals surface area (Å²) in [6.07, 6.45) is 0.164. The maximum atomic E-state index is 12.0. The van der Waals surface area contributed by atoms with Crippen molar-refractivity contribution in [2.45, 2.75) is 27.2 Å². The molecule has 0 bridgehead atoms. The third-order valence-electron chi connectivity index (χ3n) is 3.66. The van der Waals surface area contributed by atoms with Gasteiger partial charge in [0.1, 0.15) is 0 Å². The van der Waals surface area contributed by atoms with E-state index < -0.39 is 0 Å². The van der Waals surface area contributed by atoms with Crippen molar-refractivity contribution in [3.8, 4) is 11.3 Å². The van der Waals surface area contributed by atoms with Crippen LogP contribution in [0.2, 0.25) is 0 Å². The summed E-state index contributed by atoms with van der Waals surface area (Å²) in [5, 5.41) is 4.68. The van der Waals surface area contributed by atoms with Crippen molar-refractivity contribution in [3.63, 3.8) is 0 Å². The Kier molecular flexibility index (Phi) is 4.10. The molecule has 0 amide bonds. The van der Waals surface area contributed by atoms with E-state index in [2.05, 4.69) is 10.1 Å². The zero-order chi connectivity index (χ0) is 16.4. The van der Waals surface area contributed by atoms with Crippen LogP contribution in [0.25, 0.3) is 16.9 Å². The third-order valence-corrected chi connectivity index (χ3v) is 3.66. The molecule has 1 aromatic carbocycles. The van der Waals surface area contributed by atoms with Gasteiger partial charge in [0.05, 0.1) is 18.7 Å². The zero-order valence-electron chi connectivity index (χ0n) is 13.5. The summed E-state index contributed by atoms with van der Waals surface area (Å²) in [6.45, 7) is 6.09. The van der Waals surface area contributed by atoms with Gasteiger partial charge in [-0.3, -0.25) is 4.79 Å². The number of hydrogen-bond donors (Lipinski definition) is 0. The summed E-state index contributed by atoms with van der Waals surface area (Å²) in [7, 11) is 0. The molecule has 3 rings (SSSR count). The Morgan fingerprint density at radius 3 is 2.65 bits per heavy atom. The molecule has 0 atom stereocenters. The smallest absolute Gasteiger partial charge is 0.310 e. The second kappa shape index (κ2) is 6.20. The lowest BCUT2D eigenvalue weighted by molar-refractivity contribution is -0.142. The van der Waals surface area contributed by atoms with E-state index in [-0.39, 0.29) is 12.4 Å². The number of nitrogens with zero attached hydrogens (tertiary/aromatic N) is 3. The second-order valence-electron chi connectivity index (χ2n) is 5.45. The van der Waals surface area contributed by atoms with Crippen LogP contribution in [0, 0.1) is 13.8 Å².